The summed E-state index contributed by atoms with van der Waals surface area (Å²) in [5.41, 5.74) is 4.87. The van der Waals surface area contributed by atoms with Crippen molar-refractivity contribution in [3.05, 3.63) is 52.6 Å². The zero-order chi connectivity index (χ0) is 20.6. The number of hydrogen-bond acceptors (Lipinski definition) is 8. The second kappa shape index (κ2) is 7.03. The van der Waals surface area contributed by atoms with Crippen LogP contribution < -0.4 is 11.1 Å². The number of nitrogens with two attached hydrogens (primary N) is 1. The van der Waals surface area contributed by atoms with E-state index in [0.29, 0.717) is 11.3 Å². The van der Waals surface area contributed by atoms with Gasteiger partial charge in [0.1, 0.15) is 22.7 Å². The summed E-state index contributed by atoms with van der Waals surface area (Å²) >= 11 is 0. The molecule has 0 saturated carbocycles. The van der Waals surface area contributed by atoms with Crippen molar-refractivity contribution in [1.29, 1.82) is 0 Å². The number of fused-ring (bicyclic) bond motifs is 2. The van der Waals surface area contributed by atoms with Crippen molar-refractivity contribution in [2.24, 2.45) is 5.73 Å². The van der Waals surface area contributed by atoms with Crippen molar-refractivity contribution in [2.45, 2.75) is 39.2 Å². The van der Waals surface area contributed by atoms with Crippen LogP contribution in [0.4, 0.5) is 5.69 Å². The van der Waals surface area contributed by atoms with Gasteiger partial charge in [-0.05, 0) is 33.8 Å². The van der Waals surface area contributed by atoms with Gasteiger partial charge in [-0.25, -0.2) is 14.4 Å². The number of anilines is 1. The van der Waals surface area contributed by atoms with Crippen LogP contribution in [0.5, 0.6) is 0 Å². The summed E-state index contributed by atoms with van der Waals surface area (Å²) in [6, 6.07) is 6.76. The van der Waals surface area contributed by atoms with Crippen molar-refractivity contribution >= 4 is 23.6 Å². The summed E-state index contributed by atoms with van der Waals surface area (Å²) in [6.07, 6.45) is -0.462. The second-order valence-electron chi connectivity index (χ2n) is 6.70. The number of allylic oxidation sites excluding steroid dienone is 1. The second-order valence-corrected chi connectivity index (χ2v) is 6.70. The first-order chi connectivity index (χ1) is 13.2. The summed E-state index contributed by atoms with van der Waals surface area (Å²) in [6.45, 7) is 6.56. The normalized spacial score (nSPS) is 20.8. The van der Waals surface area contributed by atoms with Gasteiger partial charge in [0.15, 0.2) is 5.41 Å². The van der Waals surface area contributed by atoms with Crippen molar-refractivity contribution in [1.82, 2.24) is 0 Å². The molecule has 0 aliphatic carbocycles. The van der Waals surface area contributed by atoms with Crippen LogP contribution in [0, 0.1) is 0 Å². The number of para-hydroxylation sites is 1. The van der Waals surface area contributed by atoms with E-state index < -0.39 is 29.4 Å². The number of cyclic esters (lactones) is 1. The Morgan fingerprint density at radius 2 is 1.89 bits per heavy atom. The minimum absolute atomic E-state index is 0.0581. The number of rotatable bonds is 4. The molecule has 2 aliphatic rings. The highest BCUT2D eigenvalue weighted by molar-refractivity contribution is 6.15. The maximum absolute atomic E-state index is 13.2. The molecule has 0 fully saturated rings. The highest BCUT2D eigenvalue weighted by Gasteiger charge is 2.62. The summed E-state index contributed by atoms with van der Waals surface area (Å²) in [5.74, 6) is -2.41. The standard InChI is InChI=1S/C20H22N2O6/c1-5-26-17(23)14-11(4)28-19(25)20(14)12-8-6-7-9-13(12)22-16(21)15(20)18(24)27-10(2)3/h6-10,22H,5,21H2,1-4H3/t20-/m1/s1. The first-order valence-electron chi connectivity index (χ1n) is 8.93. The number of carbonyl (C=O) groups excluding carboxylic acids is 3. The summed E-state index contributed by atoms with van der Waals surface area (Å²) in [4.78, 5) is 39.0. The smallest absolute Gasteiger partial charge is 0.339 e. The number of nitrogens with one attached hydrogen (secondary N) is 1. The van der Waals surface area contributed by atoms with E-state index in [1.165, 1.54) is 6.92 Å². The van der Waals surface area contributed by atoms with Crippen LogP contribution >= 0.6 is 0 Å². The number of esters is 3. The van der Waals surface area contributed by atoms with Gasteiger partial charge in [0.05, 0.1) is 12.7 Å². The molecule has 8 heteroatoms. The lowest BCUT2D eigenvalue weighted by atomic mass is 9.67. The molecule has 8 nitrogen and oxygen atoms in total. The van der Waals surface area contributed by atoms with Crippen LogP contribution in [0.25, 0.3) is 0 Å². The molecule has 0 aromatic heterocycles. The monoisotopic (exact) mass is 386 g/mol. The Balaban J connectivity index is 2.35. The molecule has 0 bridgehead atoms. The Bertz CT molecular complexity index is 930. The Hall–Kier alpha value is -3.29. The third kappa shape index (κ3) is 2.72. The number of ether oxygens (including phenoxy) is 3. The third-order valence-electron chi connectivity index (χ3n) is 4.55. The topological polar surface area (TPSA) is 117 Å². The largest absolute Gasteiger partial charge is 0.462 e. The number of hydrogen-bond donors (Lipinski definition) is 2. The van der Waals surface area contributed by atoms with E-state index in [1.807, 2.05) is 0 Å². The SMILES string of the molecule is CCOC(=O)C1=C(C)OC(=O)[C@@]12C(C(=O)OC(C)C)=C(N)Nc1ccccc12. The van der Waals surface area contributed by atoms with Gasteiger partial charge < -0.3 is 25.3 Å². The van der Waals surface area contributed by atoms with Gasteiger partial charge in [0, 0.05) is 11.3 Å². The molecule has 148 valence electrons. The predicted octanol–water partition coefficient (Wildman–Crippen LogP) is 1.87. The van der Waals surface area contributed by atoms with Crippen molar-refractivity contribution < 1.29 is 28.6 Å². The van der Waals surface area contributed by atoms with Gasteiger partial charge in [-0.15, -0.1) is 0 Å². The Labute approximate surface area is 162 Å². The summed E-state index contributed by atoms with van der Waals surface area (Å²) in [5, 5.41) is 2.92. The fourth-order valence-corrected chi connectivity index (χ4v) is 3.60. The lowest BCUT2D eigenvalue weighted by molar-refractivity contribution is -0.149. The molecule has 3 rings (SSSR count). The van der Waals surface area contributed by atoms with Crippen LogP contribution in [0.15, 0.2) is 47.0 Å². The molecule has 2 aliphatic heterocycles. The van der Waals surface area contributed by atoms with Crippen LogP contribution in [-0.2, 0) is 34.0 Å². The molecule has 1 aromatic rings. The van der Waals surface area contributed by atoms with Gasteiger partial charge in [0.25, 0.3) is 0 Å². The minimum atomic E-state index is -1.87. The molecule has 0 radical (unpaired) electrons. The lowest BCUT2D eigenvalue weighted by Crippen LogP contribution is -2.48. The minimum Gasteiger partial charge on any atom is -0.462 e. The van der Waals surface area contributed by atoms with Crippen LogP contribution in [-0.4, -0.2) is 30.6 Å². The maximum atomic E-state index is 13.2. The van der Waals surface area contributed by atoms with Crippen molar-refractivity contribution in [2.75, 3.05) is 11.9 Å². The third-order valence-corrected chi connectivity index (χ3v) is 4.55. The zero-order valence-electron chi connectivity index (χ0n) is 16.1. The van der Waals surface area contributed by atoms with E-state index in [4.69, 9.17) is 19.9 Å². The van der Waals surface area contributed by atoms with E-state index in [-0.39, 0.29) is 29.3 Å². The highest BCUT2D eigenvalue weighted by Crippen LogP contribution is 2.52. The molecule has 1 spiro atoms. The maximum Gasteiger partial charge on any atom is 0.339 e. The molecule has 2 heterocycles. The molecule has 1 atom stereocenters. The zero-order valence-corrected chi connectivity index (χ0v) is 16.1. The van der Waals surface area contributed by atoms with E-state index in [9.17, 15) is 14.4 Å². The first kappa shape index (κ1) is 19.5. The van der Waals surface area contributed by atoms with Gasteiger partial charge in [-0.3, -0.25) is 0 Å². The average molecular weight is 386 g/mol. The van der Waals surface area contributed by atoms with Gasteiger partial charge in [-0.2, -0.15) is 0 Å². The quantitative estimate of drug-likeness (QED) is 0.595. The van der Waals surface area contributed by atoms with Crippen LogP contribution in [0.2, 0.25) is 0 Å². The van der Waals surface area contributed by atoms with Gasteiger partial charge in [-0.1, -0.05) is 18.2 Å². The Morgan fingerprint density at radius 3 is 2.54 bits per heavy atom. The fourth-order valence-electron chi connectivity index (χ4n) is 3.60. The fraction of sp³-hybridized carbons (Fsp3) is 0.350. The van der Waals surface area contributed by atoms with Gasteiger partial charge >= 0.3 is 17.9 Å². The Morgan fingerprint density at radius 1 is 1.21 bits per heavy atom. The molecular weight excluding hydrogens is 364 g/mol. The average Bonchev–Trinajstić information content (AvgIpc) is 2.85. The first-order valence-corrected chi connectivity index (χ1v) is 8.93. The van der Waals surface area contributed by atoms with E-state index in [2.05, 4.69) is 5.32 Å². The predicted molar refractivity (Wildman–Crippen MR) is 99.6 cm³/mol. The Kier molecular flexibility index (Phi) is 4.89. The molecule has 0 unspecified atom stereocenters. The molecular formula is C20H22N2O6. The molecule has 1 aromatic carbocycles. The van der Waals surface area contributed by atoms with Gasteiger partial charge in [0.2, 0.25) is 0 Å². The highest BCUT2D eigenvalue weighted by atomic mass is 16.6. The molecule has 0 saturated heterocycles. The summed E-state index contributed by atoms with van der Waals surface area (Å²) in [7, 11) is 0. The number of carbonyl (C=O) groups is 3. The molecule has 28 heavy (non-hydrogen) atoms. The van der Waals surface area contributed by atoms with Crippen molar-refractivity contribution in [3.63, 3.8) is 0 Å². The van der Waals surface area contributed by atoms with Crippen LogP contribution in [0.1, 0.15) is 33.3 Å². The lowest BCUT2D eigenvalue weighted by Gasteiger charge is -2.36. The van der Waals surface area contributed by atoms with E-state index in [1.54, 1.807) is 45.0 Å². The molecule has 3 N–H and O–H groups in total. The van der Waals surface area contributed by atoms with Crippen LogP contribution in [0.3, 0.4) is 0 Å². The van der Waals surface area contributed by atoms with Crippen molar-refractivity contribution in [3.8, 4) is 0 Å². The van der Waals surface area contributed by atoms with E-state index in [0.717, 1.165) is 0 Å². The molecule has 0 amide bonds. The van der Waals surface area contributed by atoms with E-state index >= 15 is 0 Å². The number of benzene rings is 1. The summed E-state index contributed by atoms with van der Waals surface area (Å²) < 4.78 is 15.8.